The maximum absolute atomic E-state index is 15.1. The first-order chi connectivity index (χ1) is 43.1. The van der Waals surface area contributed by atoms with Crippen molar-refractivity contribution in [1.29, 1.82) is 0 Å². The molecule has 448 valence electrons. The van der Waals surface area contributed by atoms with Gasteiger partial charge in [0.1, 0.15) is 4.88 Å². The van der Waals surface area contributed by atoms with Crippen LogP contribution in [0.15, 0.2) is 146 Å². The third-order valence-electron chi connectivity index (χ3n) is 16.1. The molecular formula is C65H47F6N9O6S3. The number of benzene rings is 6. The Bertz CT molecular complexity index is 4460. The van der Waals surface area contributed by atoms with E-state index in [0.717, 1.165) is 64.4 Å². The highest BCUT2D eigenvalue weighted by molar-refractivity contribution is 7.12. The van der Waals surface area contributed by atoms with Crippen LogP contribution in [0, 0.1) is 34.9 Å². The van der Waals surface area contributed by atoms with Crippen molar-refractivity contribution in [3.63, 3.8) is 0 Å². The highest BCUT2D eigenvalue weighted by atomic mass is 32.1. The molecule has 9 aromatic rings. The molecule has 6 aliphatic heterocycles. The summed E-state index contributed by atoms with van der Waals surface area (Å²) in [5.41, 5.74) is 9.33. The van der Waals surface area contributed by atoms with Crippen molar-refractivity contribution in [1.82, 2.24) is 16.0 Å². The van der Waals surface area contributed by atoms with Gasteiger partial charge >= 0.3 is 24.1 Å². The highest BCUT2D eigenvalue weighted by Crippen LogP contribution is 2.43. The van der Waals surface area contributed by atoms with Gasteiger partial charge in [-0.15, -0.1) is 22.7 Å². The van der Waals surface area contributed by atoms with Crippen molar-refractivity contribution in [3.05, 3.63) is 209 Å². The van der Waals surface area contributed by atoms with Crippen LogP contribution in [-0.4, -0.2) is 72.6 Å². The summed E-state index contributed by atoms with van der Waals surface area (Å²) in [4.78, 5) is 66.5. The van der Waals surface area contributed by atoms with Crippen molar-refractivity contribution >= 4 is 111 Å². The van der Waals surface area contributed by atoms with Crippen molar-refractivity contribution in [3.8, 4) is 33.4 Å². The minimum atomic E-state index is -1.13. The number of carbonyl (C=O) groups is 4. The second kappa shape index (κ2) is 24.1. The van der Waals surface area contributed by atoms with Crippen molar-refractivity contribution in [2.75, 3.05) is 34.3 Å². The molecular weight excluding hydrogens is 1210 g/mol. The average Bonchev–Trinajstić information content (AvgIpc) is 1.83. The summed E-state index contributed by atoms with van der Waals surface area (Å²) in [6.45, 7) is 0.342. The topological polar surface area (TPSA) is 192 Å². The zero-order chi connectivity index (χ0) is 61.8. The van der Waals surface area contributed by atoms with Crippen LogP contribution in [0.1, 0.15) is 66.1 Å². The van der Waals surface area contributed by atoms with E-state index in [0.29, 0.717) is 38.6 Å². The molecule has 0 saturated carbocycles. The van der Waals surface area contributed by atoms with Gasteiger partial charge in [-0.3, -0.25) is 29.7 Å². The van der Waals surface area contributed by atoms with E-state index in [2.05, 4.69) is 30.9 Å². The lowest BCUT2D eigenvalue weighted by atomic mass is 9.99. The SMILES string of the molecule is O=C(O)c1cc(-c2ccc(C3CNC(=O)N3c3ccc4c(c3)N=CC4)c(F)c2F)cs1.O=C1NCC(c2ccc(-c3ccsc3)c(F)c2F)N1c1ccc2c(c1)N=CC2.O=C1NCC(c2ccc(-c3csc(CO)c3)c(F)c2F)N1c1ccc2c(c1)N=CC2. The smallest absolute Gasteiger partial charge is 0.345 e. The van der Waals surface area contributed by atoms with Gasteiger partial charge in [0, 0.05) is 113 Å². The van der Waals surface area contributed by atoms with Crippen molar-refractivity contribution in [2.24, 2.45) is 15.0 Å². The number of carboxylic acid groups (broad SMARTS) is 1. The molecule has 89 heavy (non-hydrogen) atoms. The molecule has 6 aliphatic rings. The third-order valence-corrected chi connectivity index (χ3v) is 18.6. The molecule has 3 aromatic heterocycles. The van der Waals surface area contributed by atoms with E-state index in [-0.39, 0.29) is 76.6 Å². The van der Waals surface area contributed by atoms with Crippen LogP contribution in [-0.2, 0) is 25.9 Å². The predicted octanol–water partition coefficient (Wildman–Crippen LogP) is 14.9. The lowest BCUT2D eigenvalue weighted by Crippen LogP contribution is -2.30. The number of thiophene rings is 3. The molecule has 24 heteroatoms. The number of hydrogen-bond acceptors (Lipinski definition) is 11. The molecule has 0 radical (unpaired) electrons. The molecule has 9 heterocycles. The maximum atomic E-state index is 15.1. The molecule has 3 atom stereocenters. The quantitative estimate of drug-likeness (QED) is 0.0800. The maximum Gasteiger partial charge on any atom is 0.345 e. The first-order valence-corrected chi connectivity index (χ1v) is 30.5. The molecule has 3 saturated heterocycles. The number of amides is 6. The summed E-state index contributed by atoms with van der Waals surface area (Å²) in [6, 6.07) is 27.0. The standard InChI is InChI=1S/C22H15F2N3O3S.C22H17F2N3O2S.C21H15F2N3OS/c23-19-14(12-7-18(21(28)29)31-10-12)3-4-15(20(19)24)17-9-26-22(30)27(17)13-2-1-11-5-6-25-16(11)8-13;23-20-16(13-7-15(10-28)30-11-13)3-4-17(21(20)24)19-9-26-22(29)27(19)14-2-1-12-5-6-25-18(12)8-14;22-19-15(13-6-8-28-11-13)3-4-16(20(19)23)18-10-25-21(27)26(18)14-2-1-12-5-7-24-17(12)9-14/h1-4,6-8,10,17H,5,9H2,(H,26,30)(H,28,29);1-4,6-8,11,19,28H,5,9-10H2,(H,26,29);1-4,6-9,11,18H,5,10H2,(H,25,27). The summed E-state index contributed by atoms with van der Waals surface area (Å²) in [5, 5.41) is 33.2. The van der Waals surface area contributed by atoms with Gasteiger partial charge in [-0.1, -0.05) is 54.6 Å². The molecule has 15 nitrogen and oxygen atoms in total. The number of hydrogen-bond donors (Lipinski definition) is 5. The molecule has 0 spiro atoms. The number of anilines is 3. The molecule has 3 unspecified atom stereocenters. The molecule has 0 aliphatic carbocycles. The van der Waals surface area contributed by atoms with E-state index < -0.39 is 65.0 Å². The first-order valence-electron chi connectivity index (χ1n) is 27.8. The van der Waals surface area contributed by atoms with E-state index in [1.165, 1.54) is 73.1 Å². The third kappa shape index (κ3) is 10.9. The largest absolute Gasteiger partial charge is 0.477 e. The van der Waals surface area contributed by atoms with E-state index in [4.69, 9.17) is 5.11 Å². The van der Waals surface area contributed by atoms with Crippen molar-refractivity contribution < 1.29 is 55.7 Å². The summed E-state index contributed by atoms with van der Waals surface area (Å²) in [5.74, 6) is -7.03. The second-order valence-electron chi connectivity index (χ2n) is 21.2. The molecule has 15 rings (SSSR count). The first kappa shape index (κ1) is 58.3. The lowest BCUT2D eigenvalue weighted by molar-refractivity contribution is 0.0702. The predicted molar refractivity (Wildman–Crippen MR) is 333 cm³/mol. The zero-order valence-electron chi connectivity index (χ0n) is 46.3. The van der Waals surface area contributed by atoms with Crippen LogP contribution >= 0.6 is 34.0 Å². The van der Waals surface area contributed by atoms with Gasteiger partial charge in [0.25, 0.3) is 0 Å². The van der Waals surface area contributed by atoms with Crippen molar-refractivity contribution in [2.45, 2.75) is 44.0 Å². The number of aliphatic imine (C=N–C) groups is 3. The Kier molecular flexibility index (Phi) is 15.8. The summed E-state index contributed by atoms with van der Waals surface area (Å²) in [7, 11) is 0. The Morgan fingerprint density at radius 3 is 1.24 bits per heavy atom. The summed E-state index contributed by atoms with van der Waals surface area (Å²) >= 11 is 3.65. The van der Waals surface area contributed by atoms with Gasteiger partial charge in [0.05, 0.1) is 41.8 Å². The van der Waals surface area contributed by atoms with Crippen LogP contribution in [0.4, 0.5) is 74.9 Å². The van der Waals surface area contributed by atoms with Crippen LogP contribution in [0.2, 0.25) is 0 Å². The number of aromatic carboxylic acids is 1. The average molecular weight is 1260 g/mol. The minimum absolute atomic E-state index is 0.0271. The normalized spacial score (nSPS) is 17.5. The van der Waals surface area contributed by atoms with Crippen LogP contribution in [0.25, 0.3) is 33.4 Å². The number of urea groups is 3. The van der Waals surface area contributed by atoms with Gasteiger partial charge in [0.15, 0.2) is 34.9 Å². The number of rotatable bonds is 11. The number of nitrogens with one attached hydrogen (secondary N) is 3. The molecule has 5 N–H and O–H groups in total. The van der Waals surface area contributed by atoms with E-state index in [9.17, 15) is 41.8 Å². The number of carboxylic acids is 1. The van der Waals surface area contributed by atoms with Gasteiger partial charge in [-0.05, 0) is 109 Å². The number of halogens is 6. The van der Waals surface area contributed by atoms with Crippen LogP contribution in [0.5, 0.6) is 0 Å². The monoisotopic (exact) mass is 1260 g/mol. The zero-order valence-corrected chi connectivity index (χ0v) is 48.8. The van der Waals surface area contributed by atoms with Gasteiger partial charge < -0.3 is 26.2 Å². The van der Waals surface area contributed by atoms with E-state index in [1.807, 2.05) is 41.9 Å². The van der Waals surface area contributed by atoms with E-state index >= 15 is 8.78 Å². The Labute approximate surface area is 515 Å². The van der Waals surface area contributed by atoms with Gasteiger partial charge in [-0.2, -0.15) is 11.3 Å². The molecule has 6 amide bonds. The van der Waals surface area contributed by atoms with Crippen LogP contribution in [0.3, 0.4) is 0 Å². The highest BCUT2D eigenvalue weighted by Gasteiger charge is 2.40. The molecule has 0 bridgehead atoms. The number of aliphatic hydroxyl groups is 1. The fourth-order valence-corrected chi connectivity index (χ4v) is 13.7. The van der Waals surface area contributed by atoms with Crippen LogP contribution < -0.4 is 30.7 Å². The Balaban J connectivity index is 0.000000123. The fraction of sp³-hybridized carbons (Fsp3) is 0.154. The van der Waals surface area contributed by atoms with Gasteiger partial charge in [0.2, 0.25) is 0 Å². The fourth-order valence-electron chi connectivity index (χ4n) is 11.6. The Morgan fingerprint density at radius 1 is 0.483 bits per heavy atom. The number of fused-ring (bicyclic) bond motifs is 3. The second-order valence-corrected chi connectivity index (χ2v) is 23.9. The van der Waals surface area contributed by atoms with Gasteiger partial charge in [-0.25, -0.2) is 45.5 Å². The van der Waals surface area contributed by atoms with E-state index in [1.54, 1.807) is 71.7 Å². The molecule has 6 aromatic carbocycles. The number of aliphatic hydroxyl groups excluding tert-OH is 1. The Hall–Kier alpha value is -9.75. The minimum Gasteiger partial charge on any atom is -0.477 e. The Morgan fingerprint density at radius 2 is 0.876 bits per heavy atom. The summed E-state index contributed by atoms with van der Waals surface area (Å²) < 4.78 is 89.9. The number of carbonyl (C=O) groups excluding carboxylic acids is 3. The molecule has 3 fully saturated rings. The number of nitrogens with zero attached hydrogens (tertiary/aromatic N) is 6. The lowest BCUT2D eigenvalue weighted by Gasteiger charge is -2.24. The summed E-state index contributed by atoms with van der Waals surface area (Å²) in [6.07, 6.45) is 7.62.